The first-order valence-electron chi connectivity index (χ1n) is 3.97. The van der Waals surface area contributed by atoms with Crippen LogP contribution in [0.25, 0.3) is 0 Å². The molecule has 0 saturated carbocycles. The highest BCUT2D eigenvalue weighted by Crippen LogP contribution is 2.02. The van der Waals surface area contributed by atoms with Gasteiger partial charge in [-0.15, -0.1) is 0 Å². The van der Waals surface area contributed by atoms with Gasteiger partial charge in [0.05, 0.1) is 6.20 Å². The largest absolute Gasteiger partial charge is 0.618 e. The van der Waals surface area contributed by atoms with E-state index in [0.717, 1.165) is 0 Å². The minimum atomic E-state index is -1.16. The molecule has 0 spiro atoms. The smallest absolute Gasteiger partial charge is 0.361 e. The molecule has 5 nitrogen and oxygen atoms in total. The fourth-order valence-electron chi connectivity index (χ4n) is 1.08. The van der Waals surface area contributed by atoms with Crippen LogP contribution in [0.4, 0.5) is 0 Å². The molecule has 0 aliphatic heterocycles. The molecule has 0 fully saturated rings. The number of carboxylic acids is 1. The van der Waals surface area contributed by atoms with Gasteiger partial charge in [0.1, 0.15) is 0 Å². The highest BCUT2D eigenvalue weighted by Gasteiger charge is 2.18. The van der Waals surface area contributed by atoms with Crippen molar-refractivity contribution in [3.05, 3.63) is 29.0 Å². The van der Waals surface area contributed by atoms with Crippen LogP contribution in [0, 0.1) is 5.21 Å². The van der Waals surface area contributed by atoms with Crippen molar-refractivity contribution >= 4 is 5.97 Å². The lowest BCUT2D eigenvalue weighted by Gasteiger charge is -2.04. The zero-order valence-electron chi connectivity index (χ0n) is 7.23. The molecule has 0 unspecified atom stereocenters. The van der Waals surface area contributed by atoms with Crippen LogP contribution in [-0.4, -0.2) is 16.1 Å². The lowest BCUT2D eigenvalue weighted by atomic mass is 10.2. The van der Waals surface area contributed by atoms with Gasteiger partial charge in [0.15, 0.2) is 6.20 Å². The van der Waals surface area contributed by atoms with Crippen molar-refractivity contribution in [3.63, 3.8) is 0 Å². The van der Waals surface area contributed by atoms with E-state index in [1.54, 1.807) is 0 Å². The third kappa shape index (κ3) is 1.93. The molecule has 0 bridgehead atoms. The molecular formula is C8H10N2O3. The summed E-state index contributed by atoms with van der Waals surface area (Å²) in [5.41, 5.74) is 0.0665. The Morgan fingerprint density at radius 1 is 1.77 bits per heavy atom. The van der Waals surface area contributed by atoms with Crippen molar-refractivity contribution in [1.29, 1.82) is 0 Å². The fourth-order valence-corrected chi connectivity index (χ4v) is 1.08. The zero-order valence-corrected chi connectivity index (χ0v) is 7.23. The molecule has 1 rings (SSSR count). The number of aromatic nitrogens is 2. The zero-order chi connectivity index (χ0) is 9.84. The van der Waals surface area contributed by atoms with Gasteiger partial charge in [-0.1, -0.05) is 6.92 Å². The van der Waals surface area contributed by atoms with Crippen molar-refractivity contribution in [1.82, 2.24) is 4.98 Å². The molecule has 1 aromatic heterocycles. The number of rotatable bonds is 3. The summed E-state index contributed by atoms with van der Waals surface area (Å²) in [5, 5.41) is 19.8. The van der Waals surface area contributed by atoms with Gasteiger partial charge in [0.2, 0.25) is 11.4 Å². The van der Waals surface area contributed by atoms with Crippen LogP contribution in [0.1, 0.15) is 29.5 Å². The van der Waals surface area contributed by atoms with Gasteiger partial charge in [-0.25, -0.2) is 9.78 Å². The molecule has 70 valence electrons. The predicted molar refractivity (Wildman–Crippen MR) is 44.2 cm³/mol. The number of carbonyl (C=O) groups is 1. The van der Waals surface area contributed by atoms with E-state index in [2.05, 4.69) is 4.98 Å². The molecule has 0 aromatic carbocycles. The molecule has 5 heteroatoms. The van der Waals surface area contributed by atoms with Crippen LogP contribution >= 0.6 is 0 Å². The minimum absolute atomic E-state index is 0.153. The summed E-state index contributed by atoms with van der Waals surface area (Å²) < 4.78 is 0.556. The molecule has 0 saturated heterocycles. The SMILES string of the molecule is CCCc1c(C(=O)O)ncc[n+]1[O-]. The van der Waals surface area contributed by atoms with Gasteiger partial charge < -0.3 is 10.3 Å². The van der Waals surface area contributed by atoms with E-state index in [0.29, 0.717) is 17.6 Å². The summed E-state index contributed by atoms with van der Waals surface area (Å²) in [6.07, 6.45) is 3.54. The van der Waals surface area contributed by atoms with Crippen LogP contribution in [0.3, 0.4) is 0 Å². The quantitative estimate of drug-likeness (QED) is 0.541. The molecular weight excluding hydrogens is 172 g/mol. The Morgan fingerprint density at radius 3 is 3.00 bits per heavy atom. The Bertz CT molecular complexity index is 325. The van der Waals surface area contributed by atoms with Crippen LogP contribution < -0.4 is 4.73 Å². The third-order valence-corrected chi connectivity index (χ3v) is 1.63. The predicted octanol–water partition coefficient (Wildman–Crippen LogP) is 0.366. The molecule has 13 heavy (non-hydrogen) atoms. The number of nitrogens with zero attached hydrogens (tertiary/aromatic N) is 2. The van der Waals surface area contributed by atoms with Crippen LogP contribution in [0.5, 0.6) is 0 Å². The summed E-state index contributed by atoms with van der Waals surface area (Å²) in [4.78, 5) is 14.3. The molecule has 1 heterocycles. The molecule has 0 atom stereocenters. The Morgan fingerprint density at radius 2 is 2.46 bits per heavy atom. The summed E-state index contributed by atoms with van der Waals surface area (Å²) >= 11 is 0. The van der Waals surface area contributed by atoms with E-state index in [-0.39, 0.29) is 11.4 Å². The summed E-state index contributed by atoms with van der Waals surface area (Å²) in [7, 11) is 0. The van der Waals surface area contributed by atoms with Gasteiger partial charge in [-0.05, 0) is 6.42 Å². The topological polar surface area (TPSA) is 77.1 Å². The summed E-state index contributed by atoms with van der Waals surface area (Å²) in [5.74, 6) is -1.16. The summed E-state index contributed by atoms with van der Waals surface area (Å²) in [6.45, 7) is 1.87. The second-order valence-corrected chi connectivity index (χ2v) is 2.60. The Labute approximate surface area is 75.2 Å². The third-order valence-electron chi connectivity index (χ3n) is 1.63. The standard InChI is InChI=1S/C8H10N2O3/c1-2-3-6-7(8(11)12)9-4-5-10(6)13/h4-5H,2-3H2,1H3,(H,11,12). The Hall–Kier alpha value is -1.65. The monoisotopic (exact) mass is 182 g/mol. The Balaban J connectivity index is 3.17. The molecule has 0 radical (unpaired) electrons. The number of aromatic carboxylic acids is 1. The molecule has 0 amide bonds. The van der Waals surface area contributed by atoms with Gasteiger partial charge in [-0.3, -0.25) is 0 Å². The number of hydrogen-bond acceptors (Lipinski definition) is 3. The van der Waals surface area contributed by atoms with Crippen molar-refractivity contribution in [2.75, 3.05) is 0 Å². The number of carboxylic acid groups (broad SMARTS) is 1. The molecule has 1 N–H and O–H groups in total. The minimum Gasteiger partial charge on any atom is -0.618 e. The van der Waals surface area contributed by atoms with Gasteiger partial charge in [-0.2, -0.15) is 4.73 Å². The Kier molecular flexibility index (Phi) is 2.79. The number of hydrogen-bond donors (Lipinski definition) is 1. The molecule has 0 aliphatic carbocycles. The van der Waals surface area contributed by atoms with E-state index >= 15 is 0 Å². The second-order valence-electron chi connectivity index (χ2n) is 2.60. The highest BCUT2D eigenvalue weighted by molar-refractivity contribution is 5.86. The lowest BCUT2D eigenvalue weighted by Crippen LogP contribution is -2.34. The average molecular weight is 182 g/mol. The van der Waals surface area contributed by atoms with E-state index in [9.17, 15) is 10.0 Å². The van der Waals surface area contributed by atoms with Gasteiger partial charge in [0.25, 0.3) is 0 Å². The van der Waals surface area contributed by atoms with Crippen molar-refractivity contribution in [2.45, 2.75) is 19.8 Å². The average Bonchev–Trinajstić information content (AvgIpc) is 2.08. The molecule has 1 aromatic rings. The van der Waals surface area contributed by atoms with Crippen molar-refractivity contribution in [3.8, 4) is 0 Å². The maximum absolute atomic E-state index is 11.1. The van der Waals surface area contributed by atoms with Gasteiger partial charge >= 0.3 is 5.97 Å². The van der Waals surface area contributed by atoms with Gasteiger partial charge in [0, 0.05) is 6.42 Å². The fraction of sp³-hybridized carbons (Fsp3) is 0.375. The second kappa shape index (κ2) is 3.84. The van der Waals surface area contributed by atoms with E-state index in [4.69, 9.17) is 5.11 Å². The van der Waals surface area contributed by atoms with E-state index < -0.39 is 5.97 Å². The first-order valence-corrected chi connectivity index (χ1v) is 3.97. The normalized spacial score (nSPS) is 9.92. The van der Waals surface area contributed by atoms with Crippen molar-refractivity contribution < 1.29 is 14.6 Å². The van der Waals surface area contributed by atoms with E-state index in [1.165, 1.54) is 12.4 Å². The maximum atomic E-state index is 11.1. The summed E-state index contributed by atoms with van der Waals surface area (Å²) in [6, 6.07) is 0. The first kappa shape index (κ1) is 9.44. The van der Waals surface area contributed by atoms with Crippen LogP contribution in [0.15, 0.2) is 12.4 Å². The maximum Gasteiger partial charge on any atom is 0.361 e. The van der Waals surface area contributed by atoms with E-state index in [1.807, 2.05) is 6.92 Å². The first-order chi connectivity index (χ1) is 6.16. The van der Waals surface area contributed by atoms with Crippen molar-refractivity contribution in [2.24, 2.45) is 0 Å². The van der Waals surface area contributed by atoms with Crippen LogP contribution in [-0.2, 0) is 6.42 Å². The van der Waals surface area contributed by atoms with Crippen LogP contribution in [0.2, 0.25) is 0 Å². The molecule has 0 aliphatic rings. The lowest BCUT2D eigenvalue weighted by molar-refractivity contribution is -0.614. The highest BCUT2D eigenvalue weighted by atomic mass is 16.5.